The van der Waals surface area contributed by atoms with Crippen molar-refractivity contribution in [3.05, 3.63) is 72.7 Å². The number of nitrogen functional groups attached to an aromatic ring is 1. The number of ether oxygens (including phenoxy) is 1. The molecule has 2 N–H and O–H groups in total. The molecule has 0 radical (unpaired) electrons. The molecule has 0 aliphatic carbocycles. The molecule has 29 heavy (non-hydrogen) atoms. The van der Waals surface area contributed by atoms with Crippen molar-refractivity contribution in [3.63, 3.8) is 0 Å². The number of anilines is 1. The van der Waals surface area contributed by atoms with E-state index in [-0.39, 0.29) is 0 Å². The molecule has 0 bridgehead atoms. The summed E-state index contributed by atoms with van der Waals surface area (Å²) >= 11 is 0. The maximum atomic E-state index is 6.24. The summed E-state index contributed by atoms with van der Waals surface area (Å²) in [5.74, 6) is 1.15. The quantitative estimate of drug-likeness (QED) is 0.497. The fourth-order valence-corrected chi connectivity index (χ4v) is 3.69. The Morgan fingerprint density at radius 2 is 1.86 bits per heavy atom. The number of pyridine rings is 1. The molecule has 6 nitrogen and oxygen atoms in total. The van der Waals surface area contributed by atoms with Crippen molar-refractivity contribution in [1.29, 1.82) is 0 Å². The standard InChI is InChI=1S/C23H19N5O/c1-14-8-9-25-19-7-6-16(13-18(14)19)21-20(15-4-3-5-17(12-15)29-2)27-22(24)23-26-10-11-28(21)23/h3-13H,1-2H3,(H2,24,27). The summed E-state index contributed by atoms with van der Waals surface area (Å²) < 4.78 is 7.40. The highest BCUT2D eigenvalue weighted by molar-refractivity contribution is 5.90. The van der Waals surface area contributed by atoms with Crippen LogP contribution in [0.3, 0.4) is 0 Å². The van der Waals surface area contributed by atoms with Crippen molar-refractivity contribution in [3.8, 4) is 28.3 Å². The number of imidazole rings is 1. The summed E-state index contributed by atoms with van der Waals surface area (Å²) in [5, 5.41) is 1.10. The predicted molar refractivity (Wildman–Crippen MR) is 115 cm³/mol. The number of hydrogen-bond donors (Lipinski definition) is 1. The Bertz CT molecular complexity index is 1370. The molecule has 0 atom stereocenters. The third-order valence-electron chi connectivity index (χ3n) is 5.14. The van der Waals surface area contributed by atoms with Crippen LogP contribution in [-0.2, 0) is 0 Å². The van der Waals surface area contributed by atoms with Crippen molar-refractivity contribution in [2.24, 2.45) is 0 Å². The highest BCUT2D eigenvalue weighted by Crippen LogP contribution is 2.35. The van der Waals surface area contributed by atoms with Gasteiger partial charge < -0.3 is 10.5 Å². The largest absolute Gasteiger partial charge is 0.497 e. The fourth-order valence-electron chi connectivity index (χ4n) is 3.69. The number of nitrogens with two attached hydrogens (primary N) is 1. The zero-order valence-electron chi connectivity index (χ0n) is 16.1. The third-order valence-corrected chi connectivity index (χ3v) is 5.14. The normalized spacial score (nSPS) is 11.2. The van der Waals surface area contributed by atoms with E-state index >= 15 is 0 Å². The molecule has 142 valence electrons. The van der Waals surface area contributed by atoms with Crippen LogP contribution in [-0.4, -0.2) is 26.5 Å². The molecule has 5 rings (SSSR count). The summed E-state index contributed by atoms with van der Waals surface area (Å²) in [6.45, 7) is 2.09. The van der Waals surface area contributed by atoms with Gasteiger partial charge in [-0.1, -0.05) is 18.2 Å². The predicted octanol–water partition coefficient (Wildman–Crippen LogP) is 4.51. The van der Waals surface area contributed by atoms with Crippen molar-refractivity contribution in [1.82, 2.24) is 19.4 Å². The molecule has 0 saturated heterocycles. The summed E-state index contributed by atoms with van der Waals surface area (Å²) in [5.41, 5.74) is 12.6. The number of aryl methyl sites for hydroxylation is 1. The average molecular weight is 381 g/mol. The highest BCUT2D eigenvalue weighted by atomic mass is 16.5. The van der Waals surface area contributed by atoms with Gasteiger partial charge in [-0.2, -0.15) is 0 Å². The molecule has 0 amide bonds. The number of rotatable bonds is 3. The Morgan fingerprint density at radius 3 is 2.72 bits per heavy atom. The van der Waals surface area contributed by atoms with Gasteiger partial charge in [0.25, 0.3) is 0 Å². The van der Waals surface area contributed by atoms with E-state index < -0.39 is 0 Å². The van der Waals surface area contributed by atoms with Gasteiger partial charge in [-0.15, -0.1) is 0 Å². The molecule has 0 fully saturated rings. The first-order valence-electron chi connectivity index (χ1n) is 9.28. The van der Waals surface area contributed by atoms with E-state index in [9.17, 15) is 0 Å². The number of benzene rings is 2. The third kappa shape index (κ3) is 2.77. The zero-order chi connectivity index (χ0) is 20.0. The van der Waals surface area contributed by atoms with E-state index in [4.69, 9.17) is 15.5 Å². The lowest BCUT2D eigenvalue weighted by Crippen LogP contribution is -2.04. The van der Waals surface area contributed by atoms with Crippen LogP contribution in [0.15, 0.2) is 67.1 Å². The molecule has 0 aliphatic rings. The topological polar surface area (TPSA) is 78.3 Å². The Morgan fingerprint density at radius 1 is 0.966 bits per heavy atom. The number of hydrogen-bond acceptors (Lipinski definition) is 5. The number of aromatic nitrogens is 4. The van der Waals surface area contributed by atoms with Crippen LogP contribution in [0.1, 0.15) is 5.56 Å². The summed E-state index contributed by atoms with van der Waals surface area (Å²) in [6.07, 6.45) is 5.48. The molecule has 0 spiro atoms. The molecule has 3 heterocycles. The summed E-state index contributed by atoms with van der Waals surface area (Å²) in [6, 6.07) is 16.1. The number of nitrogens with zero attached hydrogens (tertiary/aromatic N) is 4. The first kappa shape index (κ1) is 17.2. The van der Waals surface area contributed by atoms with Crippen LogP contribution in [0.5, 0.6) is 5.75 Å². The molecule has 0 aliphatic heterocycles. The van der Waals surface area contributed by atoms with E-state index in [0.717, 1.165) is 39.2 Å². The van der Waals surface area contributed by atoms with Crippen LogP contribution in [0.4, 0.5) is 5.82 Å². The number of fused-ring (bicyclic) bond motifs is 2. The van der Waals surface area contributed by atoms with E-state index in [1.807, 2.05) is 53.2 Å². The van der Waals surface area contributed by atoms with E-state index in [1.54, 1.807) is 13.3 Å². The second-order valence-corrected chi connectivity index (χ2v) is 6.91. The molecule has 0 unspecified atom stereocenters. The maximum Gasteiger partial charge on any atom is 0.180 e. The molecule has 2 aromatic carbocycles. The lowest BCUT2D eigenvalue weighted by molar-refractivity contribution is 0.415. The van der Waals surface area contributed by atoms with Crippen molar-refractivity contribution >= 4 is 22.4 Å². The minimum Gasteiger partial charge on any atom is -0.497 e. The minimum absolute atomic E-state index is 0.384. The SMILES string of the molecule is COc1cccc(-c2nc(N)c3nccn3c2-c2ccc3nccc(C)c3c2)c1. The first-order chi connectivity index (χ1) is 14.2. The molecular formula is C23H19N5O. The van der Waals surface area contributed by atoms with Gasteiger partial charge >= 0.3 is 0 Å². The van der Waals surface area contributed by atoms with Gasteiger partial charge in [0.15, 0.2) is 11.5 Å². The van der Waals surface area contributed by atoms with Gasteiger partial charge in [0.2, 0.25) is 0 Å². The molecular weight excluding hydrogens is 362 g/mol. The van der Waals surface area contributed by atoms with Crippen LogP contribution < -0.4 is 10.5 Å². The Hall–Kier alpha value is -3.93. The van der Waals surface area contributed by atoms with E-state index in [1.165, 1.54) is 5.56 Å². The Labute approximate surface area is 167 Å². The van der Waals surface area contributed by atoms with Gasteiger partial charge in [-0.05, 0) is 42.8 Å². The lowest BCUT2D eigenvalue weighted by Gasteiger charge is -2.15. The van der Waals surface area contributed by atoms with Gasteiger partial charge in [-0.3, -0.25) is 9.38 Å². The zero-order valence-corrected chi connectivity index (χ0v) is 16.1. The van der Waals surface area contributed by atoms with Crippen molar-refractivity contribution in [2.75, 3.05) is 12.8 Å². The first-order valence-corrected chi connectivity index (χ1v) is 9.28. The van der Waals surface area contributed by atoms with Gasteiger partial charge in [-0.25, -0.2) is 9.97 Å². The van der Waals surface area contributed by atoms with Crippen LogP contribution in [0.25, 0.3) is 39.1 Å². The second kappa shape index (κ2) is 6.60. The Kier molecular flexibility index (Phi) is 3.91. The smallest absolute Gasteiger partial charge is 0.180 e. The molecule has 3 aromatic heterocycles. The average Bonchev–Trinajstić information content (AvgIpc) is 3.24. The molecule has 5 aromatic rings. The maximum absolute atomic E-state index is 6.24. The lowest BCUT2D eigenvalue weighted by atomic mass is 10.0. The minimum atomic E-state index is 0.384. The highest BCUT2D eigenvalue weighted by Gasteiger charge is 2.18. The summed E-state index contributed by atoms with van der Waals surface area (Å²) in [4.78, 5) is 13.6. The van der Waals surface area contributed by atoms with Crippen LogP contribution in [0.2, 0.25) is 0 Å². The fraction of sp³-hybridized carbons (Fsp3) is 0.0870. The van der Waals surface area contributed by atoms with Gasteiger partial charge in [0, 0.05) is 35.1 Å². The molecule has 0 saturated carbocycles. The number of methoxy groups -OCH3 is 1. The Balaban J connectivity index is 1.86. The van der Waals surface area contributed by atoms with Gasteiger partial charge in [0.05, 0.1) is 24.0 Å². The van der Waals surface area contributed by atoms with E-state index in [0.29, 0.717) is 11.5 Å². The van der Waals surface area contributed by atoms with Crippen LogP contribution >= 0.6 is 0 Å². The molecule has 6 heteroatoms. The second-order valence-electron chi connectivity index (χ2n) is 6.91. The summed E-state index contributed by atoms with van der Waals surface area (Å²) in [7, 11) is 1.65. The van der Waals surface area contributed by atoms with Crippen LogP contribution in [0, 0.1) is 6.92 Å². The van der Waals surface area contributed by atoms with Gasteiger partial charge in [0.1, 0.15) is 5.75 Å². The van der Waals surface area contributed by atoms with E-state index in [2.05, 4.69) is 29.0 Å². The monoisotopic (exact) mass is 381 g/mol. The van der Waals surface area contributed by atoms with Crippen molar-refractivity contribution in [2.45, 2.75) is 6.92 Å². The van der Waals surface area contributed by atoms with Crippen molar-refractivity contribution < 1.29 is 4.74 Å².